The van der Waals surface area contributed by atoms with Crippen LogP contribution in [0.5, 0.6) is 0 Å². The summed E-state index contributed by atoms with van der Waals surface area (Å²) in [5, 5.41) is 5.76. The first kappa shape index (κ1) is 12.0. The Morgan fingerprint density at radius 3 is 2.88 bits per heavy atom. The molecule has 3 nitrogen and oxygen atoms in total. The highest BCUT2D eigenvalue weighted by Gasteiger charge is 2.21. The number of hydrogen-bond donors (Lipinski definition) is 2. The Morgan fingerprint density at radius 2 is 2.24 bits per heavy atom. The van der Waals surface area contributed by atoms with Gasteiger partial charge < -0.3 is 10.6 Å². The summed E-state index contributed by atoms with van der Waals surface area (Å²) in [6.07, 6.45) is 1.81. The Labute approximate surface area is 98.2 Å². The van der Waals surface area contributed by atoms with Gasteiger partial charge in [-0.05, 0) is 37.1 Å². The van der Waals surface area contributed by atoms with Gasteiger partial charge in [0.1, 0.15) is 0 Å². The van der Waals surface area contributed by atoms with Crippen molar-refractivity contribution in [1.82, 2.24) is 10.6 Å². The van der Waals surface area contributed by atoms with Gasteiger partial charge in [-0.2, -0.15) is 0 Å². The predicted molar refractivity (Wildman–Crippen MR) is 59.2 cm³/mol. The van der Waals surface area contributed by atoms with Gasteiger partial charge in [0.15, 0.2) is 11.6 Å². The molecule has 1 amide bonds. The molecule has 0 radical (unpaired) electrons. The van der Waals surface area contributed by atoms with Crippen LogP contribution in [-0.4, -0.2) is 18.5 Å². The average molecular weight is 240 g/mol. The number of benzene rings is 1. The van der Waals surface area contributed by atoms with Gasteiger partial charge in [-0.15, -0.1) is 0 Å². The molecule has 2 rings (SSSR count). The summed E-state index contributed by atoms with van der Waals surface area (Å²) < 4.78 is 25.6. The Morgan fingerprint density at radius 1 is 1.41 bits per heavy atom. The zero-order chi connectivity index (χ0) is 12.3. The van der Waals surface area contributed by atoms with Gasteiger partial charge in [-0.1, -0.05) is 6.07 Å². The van der Waals surface area contributed by atoms with E-state index in [2.05, 4.69) is 10.6 Å². The average Bonchev–Trinajstić information content (AvgIpc) is 2.84. The molecule has 0 spiro atoms. The smallest absolute Gasteiger partial charge is 0.237 e. The first-order valence-corrected chi connectivity index (χ1v) is 5.62. The van der Waals surface area contributed by atoms with Gasteiger partial charge in [0.05, 0.1) is 6.04 Å². The zero-order valence-electron chi connectivity index (χ0n) is 9.30. The van der Waals surface area contributed by atoms with Gasteiger partial charge in [0.25, 0.3) is 0 Å². The molecular formula is C12H14F2N2O. The Hall–Kier alpha value is -1.49. The van der Waals surface area contributed by atoms with Crippen molar-refractivity contribution in [1.29, 1.82) is 0 Å². The van der Waals surface area contributed by atoms with Crippen LogP contribution >= 0.6 is 0 Å². The zero-order valence-corrected chi connectivity index (χ0v) is 9.30. The summed E-state index contributed by atoms with van der Waals surface area (Å²) >= 11 is 0. The molecule has 1 fully saturated rings. The minimum absolute atomic E-state index is 0.0905. The molecular weight excluding hydrogens is 226 g/mol. The topological polar surface area (TPSA) is 41.1 Å². The Bertz CT molecular complexity index is 417. The summed E-state index contributed by atoms with van der Waals surface area (Å²) in [6, 6.07) is 3.46. The van der Waals surface area contributed by atoms with E-state index in [1.54, 1.807) is 0 Å². The maximum Gasteiger partial charge on any atom is 0.237 e. The largest absolute Gasteiger partial charge is 0.351 e. The number of halogens is 2. The molecule has 1 saturated heterocycles. The van der Waals surface area contributed by atoms with Crippen LogP contribution in [0.3, 0.4) is 0 Å². The van der Waals surface area contributed by atoms with Crippen molar-refractivity contribution in [2.75, 3.05) is 6.54 Å². The van der Waals surface area contributed by atoms with E-state index < -0.39 is 11.6 Å². The minimum atomic E-state index is -0.893. The molecule has 92 valence electrons. The second-order valence-corrected chi connectivity index (χ2v) is 4.12. The first-order valence-electron chi connectivity index (χ1n) is 5.62. The number of amides is 1. The number of carbonyl (C=O) groups is 1. The predicted octanol–water partition coefficient (Wildman–Crippen LogP) is 1.33. The molecule has 1 aliphatic rings. The van der Waals surface area contributed by atoms with Crippen molar-refractivity contribution in [3.05, 3.63) is 35.4 Å². The van der Waals surface area contributed by atoms with E-state index >= 15 is 0 Å². The van der Waals surface area contributed by atoms with Gasteiger partial charge >= 0.3 is 0 Å². The van der Waals surface area contributed by atoms with E-state index in [4.69, 9.17) is 0 Å². The fourth-order valence-electron chi connectivity index (χ4n) is 1.87. The monoisotopic (exact) mass is 240 g/mol. The Kier molecular flexibility index (Phi) is 3.68. The van der Waals surface area contributed by atoms with Gasteiger partial charge in [0.2, 0.25) is 5.91 Å². The van der Waals surface area contributed by atoms with E-state index in [0.29, 0.717) is 5.56 Å². The van der Waals surface area contributed by atoms with Crippen LogP contribution in [0.2, 0.25) is 0 Å². The summed E-state index contributed by atoms with van der Waals surface area (Å²) in [4.78, 5) is 11.6. The van der Waals surface area contributed by atoms with Crippen molar-refractivity contribution in [2.45, 2.75) is 25.4 Å². The highest BCUT2D eigenvalue weighted by molar-refractivity contribution is 5.81. The molecule has 0 aliphatic carbocycles. The molecule has 1 heterocycles. The molecule has 17 heavy (non-hydrogen) atoms. The minimum Gasteiger partial charge on any atom is -0.351 e. The molecule has 5 heteroatoms. The van der Waals surface area contributed by atoms with E-state index in [0.717, 1.165) is 31.5 Å². The van der Waals surface area contributed by atoms with E-state index in [9.17, 15) is 13.6 Å². The van der Waals surface area contributed by atoms with Gasteiger partial charge in [-0.3, -0.25) is 4.79 Å². The fourth-order valence-corrected chi connectivity index (χ4v) is 1.87. The lowest BCUT2D eigenvalue weighted by Gasteiger charge is -2.11. The van der Waals surface area contributed by atoms with Crippen molar-refractivity contribution in [2.24, 2.45) is 0 Å². The molecule has 1 aromatic carbocycles. The standard InChI is InChI=1S/C12H14F2N2O/c13-9-4-3-8(6-10(9)14)7-16-12(17)11-2-1-5-15-11/h3-4,6,11,15H,1-2,5,7H2,(H,16,17)/t11-/m1/s1. The van der Waals surface area contributed by atoms with E-state index in [1.807, 2.05) is 0 Å². The van der Waals surface area contributed by atoms with E-state index in [-0.39, 0.29) is 18.5 Å². The third kappa shape index (κ3) is 3.00. The lowest BCUT2D eigenvalue weighted by molar-refractivity contribution is -0.122. The van der Waals surface area contributed by atoms with Crippen LogP contribution in [0, 0.1) is 11.6 Å². The molecule has 0 saturated carbocycles. The molecule has 1 aromatic rings. The maximum absolute atomic E-state index is 12.9. The van der Waals surface area contributed by atoms with Crippen LogP contribution in [0.1, 0.15) is 18.4 Å². The number of carbonyl (C=O) groups excluding carboxylic acids is 1. The molecule has 0 bridgehead atoms. The SMILES string of the molecule is O=C(NCc1ccc(F)c(F)c1)[C@H]1CCCN1. The summed E-state index contributed by atoms with van der Waals surface area (Å²) in [7, 11) is 0. The molecule has 0 aromatic heterocycles. The van der Waals surface area contributed by atoms with Crippen LogP contribution in [0.4, 0.5) is 8.78 Å². The lowest BCUT2D eigenvalue weighted by atomic mass is 10.2. The summed E-state index contributed by atoms with van der Waals surface area (Å²) in [6.45, 7) is 1.07. The molecule has 1 aliphatic heterocycles. The quantitative estimate of drug-likeness (QED) is 0.837. The summed E-state index contributed by atoms with van der Waals surface area (Å²) in [5.41, 5.74) is 0.551. The van der Waals surface area contributed by atoms with E-state index in [1.165, 1.54) is 6.07 Å². The highest BCUT2D eigenvalue weighted by atomic mass is 19.2. The van der Waals surface area contributed by atoms with Crippen molar-refractivity contribution < 1.29 is 13.6 Å². The normalized spacial score (nSPS) is 19.3. The number of nitrogens with one attached hydrogen (secondary N) is 2. The Balaban J connectivity index is 1.88. The first-order chi connectivity index (χ1) is 8.16. The fraction of sp³-hybridized carbons (Fsp3) is 0.417. The summed E-state index contributed by atoms with van der Waals surface area (Å²) in [5.74, 6) is -1.86. The van der Waals surface area contributed by atoms with Crippen molar-refractivity contribution >= 4 is 5.91 Å². The highest BCUT2D eigenvalue weighted by Crippen LogP contribution is 2.09. The second-order valence-electron chi connectivity index (χ2n) is 4.12. The number of hydrogen-bond acceptors (Lipinski definition) is 2. The maximum atomic E-state index is 12.9. The van der Waals surface area contributed by atoms with Crippen LogP contribution < -0.4 is 10.6 Å². The molecule has 1 atom stereocenters. The van der Waals surface area contributed by atoms with Crippen LogP contribution in [0.25, 0.3) is 0 Å². The third-order valence-electron chi connectivity index (χ3n) is 2.83. The van der Waals surface area contributed by atoms with Crippen LogP contribution in [0.15, 0.2) is 18.2 Å². The number of rotatable bonds is 3. The lowest BCUT2D eigenvalue weighted by Crippen LogP contribution is -2.40. The van der Waals surface area contributed by atoms with Crippen LogP contribution in [-0.2, 0) is 11.3 Å². The van der Waals surface area contributed by atoms with Crippen molar-refractivity contribution in [3.63, 3.8) is 0 Å². The van der Waals surface area contributed by atoms with Crippen molar-refractivity contribution in [3.8, 4) is 0 Å². The van der Waals surface area contributed by atoms with Gasteiger partial charge in [-0.25, -0.2) is 8.78 Å². The molecule has 2 N–H and O–H groups in total. The van der Waals surface area contributed by atoms with Gasteiger partial charge in [0, 0.05) is 6.54 Å². The second kappa shape index (κ2) is 5.23. The molecule has 0 unspecified atom stereocenters. The third-order valence-corrected chi connectivity index (χ3v) is 2.83.